The van der Waals surface area contributed by atoms with Gasteiger partial charge in [0, 0.05) is 16.2 Å². The highest BCUT2D eigenvalue weighted by atomic mass is 32.2. The van der Waals surface area contributed by atoms with Crippen molar-refractivity contribution in [2.24, 2.45) is 0 Å². The van der Waals surface area contributed by atoms with Gasteiger partial charge in [-0.3, -0.25) is 0 Å². The SMILES string of the molecule is CCc1c(C)[nH]c(CSc2cccc(C)c2)nc1=S. The normalized spacial score (nSPS) is 10.7. The first-order valence-corrected chi connectivity index (χ1v) is 7.77. The van der Waals surface area contributed by atoms with Gasteiger partial charge in [0.05, 0.1) is 5.75 Å². The molecule has 0 aliphatic rings. The molecule has 0 unspecified atom stereocenters. The number of thioether (sulfide) groups is 1. The molecule has 0 spiro atoms. The van der Waals surface area contributed by atoms with Crippen molar-refractivity contribution in [3.05, 3.63) is 51.6 Å². The molecule has 2 aromatic rings. The zero-order valence-electron chi connectivity index (χ0n) is 11.5. The molecule has 2 rings (SSSR count). The van der Waals surface area contributed by atoms with Gasteiger partial charge >= 0.3 is 0 Å². The highest BCUT2D eigenvalue weighted by Crippen LogP contribution is 2.22. The second kappa shape index (κ2) is 6.35. The molecule has 0 aliphatic carbocycles. The molecular weight excluding hydrogens is 272 g/mol. The van der Waals surface area contributed by atoms with E-state index in [1.807, 2.05) is 0 Å². The zero-order valence-corrected chi connectivity index (χ0v) is 13.1. The first kappa shape index (κ1) is 14.3. The van der Waals surface area contributed by atoms with E-state index in [4.69, 9.17) is 12.2 Å². The standard InChI is InChI=1S/C15H18N2S2/c1-4-13-11(3)16-14(17-15(13)18)9-19-12-7-5-6-10(2)8-12/h5-8H,4,9H2,1-3H3,(H,16,17,18). The fourth-order valence-electron chi connectivity index (χ4n) is 2.01. The van der Waals surface area contributed by atoms with Crippen LogP contribution in [0.15, 0.2) is 29.2 Å². The number of nitrogens with zero attached hydrogens (tertiary/aromatic N) is 1. The van der Waals surface area contributed by atoms with Gasteiger partial charge < -0.3 is 4.98 Å². The largest absolute Gasteiger partial charge is 0.346 e. The summed E-state index contributed by atoms with van der Waals surface area (Å²) in [7, 11) is 0. The summed E-state index contributed by atoms with van der Waals surface area (Å²) in [6.07, 6.45) is 0.930. The molecule has 2 nitrogen and oxygen atoms in total. The van der Waals surface area contributed by atoms with Crippen molar-refractivity contribution in [3.63, 3.8) is 0 Å². The summed E-state index contributed by atoms with van der Waals surface area (Å²) in [5, 5.41) is 0. The third-order valence-corrected chi connectivity index (χ3v) is 4.34. The number of aryl methyl sites for hydroxylation is 2. The van der Waals surface area contributed by atoms with Crippen molar-refractivity contribution in [2.75, 3.05) is 0 Å². The van der Waals surface area contributed by atoms with Gasteiger partial charge in [0.2, 0.25) is 0 Å². The first-order valence-electron chi connectivity index (χ1n) is 6.38. The number of hydrogen-bond donors (Lipinski definition) is 1. The third-order valence-electron chi connectivity index (χ3n) is 3.00. The van der Waals surface area contributed by atoms with Gasteiger partial charge in [-0.05, 0) is 32.4 Å². The molecule has 0 aliphatic heterocycles. The number of H-pyrrole nitrogens is 1. The lowest BCUT2D eigenvalue weighted by Gasteiger charge is -2.07. The van der Waals surface area contributed by atoms with Crippen LogP contribution in [-0.2, 0) is 12.2 Å². The maximum atomic E-state index is 5.34. The molecule has 0 radical (unpaired) electrons. The summed E-state index contributed by atoms with van der Waals surface area (Å²) >= 11 is 7.12. The maximum Gasteiger partial charge on any atom is 0.133 e. The topological polar surface area (TPSA) is 28.7 Å². The van der Waals surface area contributed by atoms with Gasteiger partial charge in [0.15, 0.2) is 0 Å². The molecule has 0 bridgehead atoms. The van der Waals surface area contributed by atoms with Crippen molar-refractivity contribution in [1.82, 2.24) is 9.97 Å². The highest BCUT2D eigenvalue weighted by Gasteiger charge is 2.04. The molecule has 100 valence electrons. The average Bonchev–Trinajstić information content (AvgIpc) is 2.36. The molecule has 0 saturated heterocycles. The molecule has 0 amide bonds. The van der Waals surface area contributed by atoms with Crippen LogP contribution in [0.4, 0.5) is 0 Å². The molecule has 1 aromatic heterocycles. The van der Waals surface area contributed by atoms with Crippen LogP contribution in [-0.4, -0.2) is 9.97 Å². The minimum atomic E-state index is 0.735. The second-order valence-corrected chi connectivity index (χ2v) is 5.99. The summed E-state index contributed by atoms with van der Waals surface area (Å²) < 4.78 is 0.735. The second-order valence-electron chi connectivity index (χ2n) is 4.55. The van der Waals surface area contributed by atoms with Crippen LogP contribution in [0, 0.1) is 18.5 Å². The van der Waals surface area contributed by atoms with E-state index in [1.54, 1.807) is 11.8 Å². The van der Waals surface area contributed by atoms with Crippen LogP contribution in [0.25, 0.3) is 0 Å². The number of aromatic amines is 1. The van der Waals surface area contributed by atoms with Crippen LogP contribution in [0.5, 0.6) is 0 Å². The zero-order chi connectivity index (χ0) is 13.8. The molecule has 0 saturated carbocycles. The van der Waals surface area contributed by atoms with E-state index in [-0.39, 0.29) is 0 Å². The lowest BCUT2D eigenvalue weighted by atomic mass is 10.2. The van der Waals surface area contributed by atoms with Crippen molar-refractivity contribution in [3.8, 4) is 0 Å². The molecule has 1 heterocycles. The molecule has 1 N–H and O–H groups in total. The van der Waals surface area contributed by atoms with Crippen molar-refractivity contribution in [2.45, 2.75) is 37.8 Å². The lowest BCUT2D eigenvalue weighted by molar-refractivity contribution is 0.927. The third kappa shape index (κ3) is 3.67. The summed E-state index contributed by atoms with van der Waals surface area (Å²) in [4.78, 5) is 9.10. The predicted molar refractivity (Wildman–Crippen MR) is 84.3 cm³/mol. The summed E-state index contributed by atoms with van der Waals surface area (Å²) in [5.74, 6) is 1.77. The van der Waals surface area contributed by atoms with Crippen molar-refractivity contribution < 1.29 is 0 Å². The Labute approximate surface area is 123 Å². The van der Waals surface area contributed by atoms with Crippen LogP contribution in [0.1, 0.15) is 29.6 Å². The fourth-order valence-corrected chi connectivity index (χ4v) is 3.30. The number of rotatable bonds is 4. The monoisotopic (exact) mass is 290 g/mol. The van der Waals surface area contributed by atoms with E-state index in [2.05, 4.69) is 55.0 Å². The van der Waals surface area contributed by atoms with Gasteiger partial charge in [-0.1, -0.05) is 36.8 Å². The number of hydrogen-bond acceptors (Lipinski definition) is 3. The minimum Gasteiger partial charge on any atom is -0.346 e. The summed E-state index contributed by atoms with van der Waals surface area (Å²) in [5.41, 5.74) is 3.57. The van der Waals surface area contributed by atoms with E-state index in [0.29, 0.717) is 0 Å². The Balaban J connectivity index is 2.14. The van der Waals surface area contributed by atoms with E-state index < -0.39 is 0 Å². The number of benzene rings is 1. The predicted octanol–water partition coefficient (Wildman–Crippen LogP) is 4.61. The Hall–Kier alpha value is -1.13. The van der Waals surface area contributed by atoms with Crippen LogP contribution in [0.3, 0.4) is 0 Å². The average molecular weight is 290 g/mol. The Morgan fingerprint density at radius 3 is 2.74 bits per heavy atom. The molecule has 1 aromatic carbocycles. The van der Waals surface area contributed by atoms with Gasteiger partial charge in [-0.2, -0.15) is 0 Å². The number of aromatic nitrogens is 2. The molecule has 0 fully saturated rings. The Morgan fingerprint density at radius 2 is 2.11 bits per heavy atom. The van der Waals surface area contributed by atoms with Gasteiger partial charge in [0.25, 0.3) is 0 Å². The smallest absolute Gasteiger partial charge is 0.133 e. The van der Waals surface area contributed by atoms with Gasteiger partial charge in [-0.25, -0.2) is 4.98 Å². The lowest BCUT2D eigenvalue weighted by Crippen LogP contribution is -2.01. The van der Waals surface area contributed by atoms with E-state index >= 15 is 0 Å². The summed E-state index contributed by atoms with van der Waals surface area (Å²) in [6, 6.07) is 8.50. The fraction of sp³-hybridized carbons (Fsp3) is 0.333. The Morgan fingerprint density at radius 1 is 1.32 bits per heavy atom. The quantitative estimate of drug-likeness (QED) is 0.658. The van der Waals surface area contributed by atoms with Crippen molar-refractivity contribution >= 4 is 24.0 Å². The summed E-state index contributed by atoms with van der Waals surface area (Å²) in [6.45, 7) is 6.28. The Kier molecular flexibility index (Phi) is 4.77. The Bertz CT molecular complexity index is 632. The maximum absolute atomic E-state index is 5.34. The van der Waals surface area contributed by atoms with Crippen LogP contribution in [0.2, 0.25) is 0 Å². The van der Waals surface area contributed by atoms with Gasteiger partial charge in [-0.15, -0.1) is 11.8 Å². The molecular formula is C15H18N2S2. The first-order chi connectivity index (χ1) is 9.10. The van der Waals surface area contributed by atoms with E-state index in [0.717, 1.165) is 33.9 Å². The van der Waals surface area contributed by atoms with Crippen LogP contribution >= 0.6 is 24.0 Å². The minimum absolute atomic E-state index is 0.735. The van der Waals surface area contributed by atoms with E-state index in [1.165, 1.54) is 10.5 Å². The number of nitrogens with one attached hydrogen (secondary N) is 1. The van der Waals surface area contributed by atoms with Gasteiger partial charge in [0.1, 0.15) is 10.5 Å². The molecule has 4 heteroatoms. The van der Waals surface area contributed by atoms with Crippen LogP contribution < -0.4 is 0 Å². The van der Waals surface area contributed by atoms with E-state index in [9.17, 15) is 0 Å². The molecule has 19 heavy (non-hydrogen) atoms. The van der Waals surface area contributed by atoms with Crippen molar-refractivity contribution in [1.29, 1.82) is 0 Å². The highest BCUT2D eigenvalue weighted by molar-refractivity contribution is 7.98. The molecule has 0 atom stereocenters.